The van der Waals surface area contributed by atoms with Crippen molar-refractivity contribution >= 4 is 5.78 Å². The molecule has 3 heteroatoms. The minimum Gasteiger partial charge on any atom is -0.472 e. The van der Waals surface area contributed by atoms with Gasteiger partial charge >= 0.3 is 0 Å². The lowest BCUT2D eigenvalue weighted by Gasteiger charge is -2.35. The maximum absolute atomic E-state index is 12.4. The number of ether oxygens (including phenoxy) is 1. The smallest absolute Gasteiger partial charge is 0.169 e. The van der Waals surface area contributed by atoms with E-state index in [2.05, 4.69) is 0 Å². The second-order valence-corrected chi connectivity index (χ2v) is 4.72. The van der Waals surface area contributed by atoms with Crippen LogP contribution in [0.2, 0.25) is 0 Å². The zero-order valence-corrected chi connectivity index (χ0v) is 10.4. The van der Waals surface area contributed by atoms with Gasteiger partial charge in [0.1, 0.15) is 5.60 Å². The van der Waals surface area contributed by atoms with Crippen molar-refractivity contribution in [1.29, 1.82) is 0 Å². The fourth-order valence-corrected chi connectivity index (χ4v) is 2.64. The van der Waals surface area contributed by atoms with Gasteiger partial charge in [0.25, 0.3) is 0 Å². The van der Waals surface area contributed by atoms with Crippen LogP contribution in [0, 0.1) is 0 Å². The summed E-state index contributed by atoms with van der Waals surface area (Å²) in [4.78, 5) is 12.4. The Labute approximate surface area is 102 Å². The largest absolute Gasteiger partial charge is 0.472 e. The molecule has 0 N–H and O–H groups in total. The van der Waals surface area contributed by atoms with Gasteiger partial charge in [0, 0.05) is 13.0 Å². The van der Waals surface area contributed by atoms with Crippen LogP contribution in [0.5, 0.6) is 0 Å². The van der Waals surface area contributed by atoms with Gasteiger partial charge in [0.05, 0.1) is 12.5 Å². The van der Waals surface area contributed by atoms with Gasteiger partial charge < -0.3 is 9.15 Å². The van der Waals surface area contributed by atoms with Crippen LogP contribution in [0.15, 0.2) is 23.0 Å². The van der Waals surface area contributed by atoms with E-state index < -0.39 is 5.60 Å². The van der Waals surface area contributed by atoms with Gasteiger partial charge in [0.2, 0.25) is 0 Å². The number of rotatable bonds is 5. The van der Waals surface area contributed by atoms with E-state index in [-0.39, 0.29) is 5.78 Å². The zero-order chi connectivity index (χ0) is 12.1. The molecule has 0 aromatic carbocycles. The first kappa shape index (κ1) is 12.4. The van der Waals surface area contributed by atoms with Crippen LogP contribution in [-0.4, -0.2) is 18.0 Å². The Morgan fingerprint density at radius 1 is 1.41 bits per heavy atom. The maximum atomic E-state index is 12.4. The molecule has 1 aliphatic carbocycles. The molecule has 1 heterocycles. The summed E-state index contributed by atoms with van der Waals surface area (Å²) in [6, 6.07) is 1.85. The molecule has 0 saturated heterocycles. The van der Waals surface area contributed by atoms with Crippen molar-refractivity contribution in [3.63, 3.8) is 0 Å². The van der Waals surface area contributed by atoms with Gasteiger partial charge in [-0.05, 0) is 31.4 Å². The molecule has 0 radical (unpaired) electrons. The fourth-order valence-electron chi connectivity index (χ4n) is 2.64. The zero-order valence-electron chi connectivity index (χ0n) is 10.4. The molecule has 94 valence electrons. The van der Waals surface area contributed by atoms with E-state index in [1.807, 2.05) is 13.0 Å². The highest BCUT2D eigenvalue weighted by atomic mass is 16.5. The highest BCUT2D eigenvalue weighted by Gasteiger charge is 2.39. The van der Waals surface area contributed by atoms with Crippen LogP contribution in [-0.2, 0) is 16.0 Å². The average Bonchev–Trinajstić information content (AvgIpc) is 2.83. The van der Waals surface area contributed by atoms with Crippen LogP contribution in [0.25, 0.3) is 0 Å². The van der Waals surface area contributed by atoms with Crippen LogP contribution in [0.4, 0.5) is 0 Å². The number of ketones is 1. The summed E-state index contributed by atoms with van der Waals surface area (Å²) >= 11 is 0. The highest BCUT2D eigenvalue weighted by molar-refractivity contribution is 5.89. The van der Waals surface area contributed by atoms with Gasteiger partial charge in [-0.25, -0.2) is 0 Å². The Kier molecular flexibility index (Phi) is 4.00. The van der Waals surface area contributed by atoms with Crippen LogP contribution in [0.1, 0.15) is 44.6 Å². The lowest BCUT2D eigenvalue weighted by molar-refractivity contribution is -0.148. The van der Waals surface area contributed by atoms with E-state index in [1.54, 1.807) is 12.5 Å². The summed E-state index contributed by atoms with van der Waals surface area (Å²) < 4.78 is 10.8. The van der Waals surface area contributed by atoms with E-state index in [4.69, 9.17) is 9.15 Å². The summed E-state index contributed by atoms with van der Waals surface area (Å²) in [7, 11) is 0. The van der Waals surface area contributed by atoms with Crippen molar-refractivity contribution < 1.29 is 13.9 Å². The predicted molar refractivity (Wildman–Crippen MR) is 64.9 cm³/mol. The van der Waals surface area contributed by atoms with E-state index in [9.17, 15) is 4.79 Å². The normalized spacial score (nSPS) is 19.1. The molecule has 0 bridgehead atoms. The molecule has 17 heavy (non-hydrogen) atoms. The topological polar surface area (TPSA) is 39.4 Å². The second kappa shape index (κ2) is 5.50. The van der Waals surface area contributed by atoms with Crippen molar-refractivity contribution in [2.45, 2.75) is 51.0 Å². The van der Waals surface area contributed by atoms with Gasteiger partial charge in [0.15, 0.2) is 5.78 Å². The minimum atomic E-state index is -0.524. The SMILES string of the molecule is CCOC1(C(=O)Cc2ccoc2)CCCCC1. The van der Waals surface area contributed by atoms with Crippen molar-refractivity contribution in [3.05, 3.63) is 24.2 Å². The predicted octanol–water partition coefficient (Wildman–Crippen LogP) is 3.13. The van der Waals surface area contributed by atoms with Crippen molar-refractivity contribution in [2.75, 3.05) is 6.61 Å². The van der Waals surface area contributed by atoms with Gasteiger partial charge in [-0.2, -0.15) is 0 Å². The first-order chi connectivity index (χ1) is 8.27. The molecular weight excluding hydrogens is 216 g/mol. The average molecular weight is 236 g/mol. The van der Waals surface area contributed by atoms with Crippen molar-refractivity contribution in [3.8, 4) is 0 Å². The molecular formula is C14H20O3. The molecule has 2 rings (SSSR count). The molecule has 0 spiro atoms. The number of carbonyl (C=O) groups excluding carboxylic acids is 1. The van der Waals surface area contributed by atoms with Gasteiger partial charge in [-0.1, -0.05) is 19.3 Å². The van der Waals surface area contributed by atoms with E-state index in [0.29, 0.717) is 13.0 Å². The summed E-state index contributed by atoms with van der Waals surface area (Å²) in [6.07, 6.45) is 8.82. The van der Waals surface area contributed by atoms with Crippen molar-refractivity contribution in [1.82, 2.24) is 0 Å². The summed E-state index contributed by atoms with van der Waals surface area (Å²) in [5.41, 5.74) is 0.421. The molecule has 1 aromatic heterocycles. The highest BCUT2D eigenvalue weighted by Crippen LogP contribution is 2.33. The number of hydrogen-bond donors (Lipinski definition) is 0. The summed E-state index contributed by atoms with van der Waals surface area (Å²) in [6.45, 7) is 2.57. The van der Waals surface area contributed by atoms with Crippen LogP contribution >= 0.6 is 0 Å². The standard InChI is InChI=1S/C14H20O3/c1-2-17-14(7-4-3-5-8-14)13(15)10-12-6-9-16-11-12/h6,9,11H,2-5,7-8,10H2,1H3. The Balaban J connectivity index is 2.06. The molecule has 1 aromatic rings. The van der Waals surface area contributed by atoms with Gasteiger partial charge in [-0.3, -0.25) is 4.79 Å². The Morgan fingerprint density at radius 3 is 2.76 bits per heavy atom. The Bertz CT molecular complexity index is 342. The monoisotopic (exact) mass is 236 g/mol. The second-order valence-electron chi connectivity index (χ2n) is 4.72. The van der Waals surface area contributed by atoms with E-state index in [0.717, 1.165) is 31.2 Å². The maximum Gasteiger partial charge on any atom is 0.169 e. The number of Topliss-reactive ketones (excluding diaryl/α,β-unsaturated/α-hetero) is 1. The number of carbonyl (C=O) groups is 1. The van der Waals surface area contributed by atoms with Crippen molar-refractivity contribution in [2.24, 2.45) is 0 Å². The Morgan fingerprint density at radius 2 is 2.18 bits per heavy atom. The molecule has 1 fully saturated rings. The first-order valence-electron chi connectivity index (χ1n) is 6.45. The molecule has 1 aliphatic rings. The third kappa shape index (κ3) is 2.78. The number of hydrogen-bond acceptors (Lipinski definition) is 3. The third-order valence-electron chi connectivity index (χ3n) is 3.53. The van der Waals surface area contributed by atoms with E-state index >= 15 is 0 Å². The minimum absolute atomic E-state index is 0.209. The Hall–Kier alpha value is -1.09. The summed E-state index contributed by atoms with van der Waals surface area (Å²) in [5, 5.41) is 0. The molecule has 0 atom stereocenters. The van der Waals surface area contributed by atoms with Crippen LogP contribution < -0.4 is 0 Å². The molecule has 1 saturated carbocycles. The van der Waals surface area contributed by atoms with E-state index in [1.165, 1.54) is 6.42 Å². The lowest BCUT2D eigenvalue weighted by atomic mass is 9.80. The van der Waals surface area contributed by atoms with Gasteiger partial charge in [-0.15, -0.1) is 0 Å². The third-order valence-corrected chi connectivity index (χ3v) is 3.53. The molecule has 0 amide bonds. The quantitative estimate of drug-likeness (QED) is 0.788. The first-order valence-corrected chi connectivity index (χ1v) is 6.45. The van der Waals surface area contributed by atoms with Crippen LogP contribution in [0.3, 0.4) is 0 Å². The molecule has 0 aliphatic heterocycles. The number of furan rings is 1. The lowest BCUT2D eigenvalue weighted by Crippen LogP contribution is -2.44. The molecule has 3 nitrogen and oxygen atoms in total. The molecule has 0 unspecified atom stereocenters. The fraction of sp³-hybridized carbons (Fsp3) is 0.643. The summed E-state index contributed by atoms with van der Waals surface area (Å²) in [5.74, 6) is 0.209.